The van der Waals surface area contributed by atoms with Crippen molar-refractivity contribution in [2.75, 3.05) is 0 Å². The summed E-state index contributed by atoms with van der Waals surface area (Å²) in [5.74, 6) is -1.01. The van der Waals surface area contributed by atoms with Gasteiger partial charge in [0.2, 0.25) is 10.0 Å². The Labute approximate surface area is 203 Å². The Morgan fingerprint density at radius 2 is 1.30 bits per heavy atom. The van der Waals surface area contributed by atoms with Crippen LogP contribution in [0.1, 0.15) is 16.9 Å². The molecule has 0 saturated carbocycles. The maximum absolute atomic E-state index is 15.0. The molecule has 0 aliphatic rings. The van der Waals surface area contributed by atoms with Crippen LogP contribution in [-0.4, -0.2) is 8.42 Å². The first-order valence-electron chi connectivity index (χ1n) is 10.4. The van der Waals surface area contributed by atoms with E-state index in [-0.39, 0.29) is 4.90 Å². The first-order valence-corrected chi connectivity index (χ1v) is 14.4. The SMILES string of the molecule is Cc1ccc(S(=O)(=O)N[C@H](c2cccc(Br)c2)P(=O)(c2ccccc2)c2ccccc2)cc1. The summed E-state index contributed by atoms with van der Waals surface area (Å²) in [6.45, 7) is 1.90. The smallest absolute Gasteiger partial charge is 0.241 e. The van der Waals surface area contributed by atoms with Gasteiger partial charge in [-0.2, -0.15) is 4.72 Å². The summed E-state index contributed by atoms with van der Waals surface area (Å²) in [6.07, 6.45) is 0. The number of hydrogen-bond acceptors (Lipinski definition) is 3. The summed E-state index contributed by atoms with van der Waals surface area (Å²) in [5, 5.41) is 1.15. The zero-order chi connectivity index (χ0) is 23.5. The second kappa shape index (κ2) is 9.78. The fourth-order valence-corrected chi connectivity index (χ4v) is 8.90. The Kier molecular flexibility index (Phi) is 7.01. The second-order valence-corrected chi connectivity index (χ2v) is 13.2. The molecule has 168 valence electrons. The molecule has 0 aliphatic heterocycles. The standard InChI is InChI=1S/C26H23BrNO3PS/c1-20-15-17-25(18-16-20)33(30,31)28-26(21-9-8-10-22(27)19-21)32(29,23-11-4-2-5-12-23)24-13-6-3-7-14-24/h2-19,26,28H,1H3/t26-/m0/s1. The van der Waals surface area contributed by atoms with Crippen molar-refractivity contribution in [3.05, 3.63) is 125 Å². The number of benzene rings is 4. The molecule has 33 heavy (non-hydrogen) atoms. The average Bonchev–Trinajstić information content (AvgIpc) is 2.83. The lowest BCUT2D eigenvalue weighted by Crippen LogP contribution is -2.34. The van der Waals surface area contributed by atoms with Crippen LogP contribution >= 0.6 is 23.1 Å². The molecule has 0 radical (unpaired) electrons. The molecule has 1 atom stereocenters. The van der Waals surface area contributed by atoms with E-state index in [1.54, 1.807) is 60.7 Å². The van der Waals surface area contributed by atoms with Crippen LogP contribution in [0.25, 0.3) is 0 Å². The highest BCUT2D eigenvalue weighted by atomic mass is 79.9. The number of halogens is 1. The van der Waals surface area contributed by atoms with Gasteiger partial charge >= 0.3 is 0 Å². The lowest BCUT2D eigenvalue weighted by atomic mass is 10.2. The third-order valence-electron chi connectivity index (χ3n) is 5.41. The van der Waals surface area contributed by atoms with Crippen molar-refractivity contribution in [3.8, 4) is 0 Å². The van der Waals surface area contributed by atoms with Crippen molar-refractivity contribution in [2.45, 2.75) is 17.6 Å². The lowest BCUT2D eigenvalue weighted by molar-refractivity contribution is 0.560. The number of rotatable bonds is 7. The van der Waals surface area contributed by atoms with Gasteiger partial charge in [0.05, 0.1) is 4.90 Å². The van der Waals surface area contributed by atoms with E-state index in [9.17, 15) is 8.42 Å². The second-order valence-electron chi connectivity index (χ2n) is 7.72. The zero-order valence-electron chi connectivity index (χ0n) is 17.9. The van der Waals surface area contributed by atoms with Crippen LogP contribution in [0.2, 0.25) is 0 Å². The molecule has 0 bridgehead atoms. The van der Waals surface area contributed by atoms with Crippen LogP contribution in [0.4, 0.5) is 0 Å². The third kappa shape index (κ3) is 5.04. The average molecular weight is 540 g/mol. The molecule has 0 aliphatic carbocycles. The number of sulfonamides is 1. The first-order chi connectivity index (χ1) is 15.8. The van der Waals surface area contributed by atoms with Gasteiger partial charge in [0.15, 0.2) is 7.14 Å². The molecule has 0 spiro atoms. The molecule has 0 unspecified atom stereocenters. The van der Waals surface area contributed by atoms with E-state index in [0.29, 0.717) is 16.2 Å². The summed E-state index contributed by atoms with van der Waals surface area (Å²) in [5.41, 5.74) is 1.56. The Morgan fingerprint density at radius 1 is 0.758 bits per heavy atom. The van der Waals surface area contributed by atoms with Crippen LogP contribution in [0, 0.1) is 6.92 Å². The number of aryl methyl sites for hydroxylation is 1. The summed E-state index contributed by atoms with van der Waals surface area (Å²) in [4.78, 5) is 0.126. The van der Waals surface area contributed by atoms with Crippen molar-refractivity contribution < 1.29 is 13.0 Å². The van der Waals surface area contributed by atoms with Gasteiger partial charge in [-0.25, -0.2) is 8.42 Å². The van der Waals surface area contributed by atoms with E-state index in [4.69, 9.17) is 0 Å². The quantitative estimate of drug-likeness (QED) is 0.304. The van der Waals surface area contributed by atoms with Gasteiger partial charge in [-0.1, -0.05) is 106 Å². The highest BCUT2D eigenvalue weighted by Crippen LogP contribution is 2.56. The molecule has 4 nitrogen and oxygen atoms in total. The summed E-state index contributed by atoms with van der Waals surface area (Å²) < 4.78 is 45.6. The molecule has 0 fully saturated rings. The zero-order valence-corrected chi connectivity index (χ0v) is 21.2. The van der Waals surface area contributed by atoms with Gasteiger partial charge in [-0.15, -0.1) is 0 Å². The Morgan fingerprint density at radius 3 is 1.82 bits per heavy atom. The van der Waals surface area contributed by atoms with E-state index in [0.717, 1.165) is 10.0 Å². The van der Waals surface area contributed by atoms with Crippen molar-refractivity contribution in [1.82, 2.24) is 4.72 Å². The minimum absolute atomic E-state index is 0.126. The molecule has 0 heterocycles. The molecular weight excluding hydrogens is 517 g/mol. The predicted molar refractivity (Wildman–Crippen MR) is 138 cm³/mol. The fourth-order valence-electron chi connectivity index (χ4n) is 3.71. The molecule has 0 aromatic heterocycles. The van der Waals surface area contributed by atoms with Crippen LogP contribution in [0.3, 0.4) is 0 Å². The molecule has 0 amide bonds. The fraction of sp³-hybridized carbons (Fsp3) is 0.0769. The van der Waals surface area contributed by atoms with E-state index in [1.165, 1.54) is 0 Å². The largest absolute Gasteiger partial charge is 0.312 e. The Bertz CT molecular complexity index is 1350. The summed E-state index contributed by atoms with van der Waals surface area (Å²) in [7, 11) is -7.49. The van der Waals surface area contributed by atoms with E-state index in [1.807, 2.05) is 55.5 Å². The van der Waals surface area contributed by atoms with Gasteiger partial charge in [0.25, 0.3) is 0 Å². The molecule has 4 aromatic carbocycles. The van der Waals surface area contributed by atoms with E-state index < -0.39 is 22.9 Å². The monoisotopic (exact) mass is 539 g/mol. The van der Waals surface area contributed by atoms with Crippen LogP contribution in [-0.2, 0) is 14.6 Å². The number of hydrogen-bond donors (Lipinski definition) is 1. The van der Waals surface area contributed by atoms with Crippen LogP contribution in [0.15, 0.2) is 119 Å². The van der Waals surface area contributed by atoms with Gasteiger partial charge in [-0.05, 0) is 36.8 Å². The maximum Gasteiger partial charge on any atom is 0.241 e. The minimum atomic E-state index is -3.97. The highest BCUT2D eigenvalue weighted by Gasteiger charge is 2.40. The van der Waals surface area contributed by atoms with Crippen LogP contribution in [0.5, 0.6) is 0 Å². The minimum Gasteiger partial charge on any atom is -0.312 e. The summed E-state index contributed by atoms with van der Waals surface area (Å²) in [6, 6.07) is 32.0. The molecular formula is C26H23BrNO3PS. The van der Waals surface area contributed by atoms with Gasteiger partial charge in [0.1, 0.15) is 5.78 Å². The van der Waals surface area contributed by atoms with Gasteiger partial charge in [-0.3, -0.25) is 0 Å². The van der Waals surface area contributed by atoms with Crippen LogP contribution < -0.4 is 15.3 Å². The first kappa shape index (κ1) is 23.7. The lowest BCUT2D eigenvalue weighted by Gasteiger charge is -2.30. The normalized spacial score (nSPS) is 12.9. The van der Waals surface area contributed by atoms with Crippen molar-refractivity contribution >= 4 is 43.7 Å². The molecule has 1 N–H and O–H groups in total. The predicted octanol–water partition coefficient (Wildman–Crippen LogP) is 5.75. The highest BCUT2D eigenvalue weighted by molar-refractivity contribution is 9.10. The molecule has 4 rings (SSSR count). The summed E-state index contributed by atoms with van der Waals surface area (Å²) >= 11 is 3.48. The maximum atomic E-state index is 15.0. The topological polar surface area (TPSA) is 63.2 Å². The van der Waals surface area contributed by atoms with Gasteiger partial charge < -0.3 is 4.57 Å². The number of nitrogens with one attached hydrogen (secondary N) is 1. The van der Waals surface area contributed by atoms with Crippen molar-refractivity contribution in [1.29, 1.82) is 0 Å². The van der Waals surface area contributed by atoms with Crippen molar-refractivity contribution in [2.24, 2.45) is 0 Å². The van der Waals surface area contributed by atoms with Crippen molar-refractivity contribution in [3.63, 3.8) is 0 Å². The Hall–Kier alpha value is -2.50. The molecule has 4 aromatic rings. The van der Waals surface area contributed by atoms with Gasteiger partial charge in [0, 0.05) is 15.1 Å². The van der Waals surface area contributed by atoms with E-state index >= 15 is 4.57 Å². The molecule has 0 saturated heterocycles. The molecule has 7 heteroatoms. The Balaban J connectivity index is 1.94. The third-order valence-corrected chi connectivity index (χ3v) is 10.8. The van der Waals surface area contributed by atoms with E-state index in [2.05, 4.69) is 20.7 Å².